The summed E-state index contributed by atoms with van der Waals surface area (Å²) in [4.78, 5) is 33.2. The highest BCUT2D eigenvalue weighted by Gasteiger charge is 2.54. The van der Waals surface area contributed by atoms with Crippen LogP contribution in [0.2, 0.25) is 0 Å². The van der Waals surface area contributed by atoms with E-state index in [0.29, 0.717) is 18.3 Å². The van der Waals surface area contributed by atoms with Crippen LogP contribution in [-0.4, -0.2) is 57.4 Å². The molecule has 140 valence electrons. The first-order valence-electron chi connectivity index (χ1n) is 9.38. The Morgan fingerprint density at radius 1 is 1.23 bits per heavy atom. The van der Waals surface area contributed by atoms with E-state index in [2.05, 4.69) is 11.5 Å². The molecule has 3 aliphatic rings. The molecule has 1 aromatic rings. The van der Waals surface area contributed by atoms with Crippen molar-refractivity contribution in [3.63, 3.8) is 0 Å². The maximum atomic E-state index is 13.1. The zero-order valence-corrected chi connectivity index (χ0v) is 15.6. The third-order valence-electron chi connectivity index (χ3n) is 5.99. The highest BCUT2D eigenvalue weighted by molar-refractivity contribution is 6.19. The maximum Gasteiger partial charge on any atom is 0.402 e. The van der Waals surface area contributed by atoms with Gasteiger partial charge in [0.2, 0.25) is 11.9 Å². The van der Waals surface area contributed by atoms with Gasteiger partial charge in [0, 0.05) is 20.2 Å². The summed E-state index contributed by atoms with van der Waals surface area (Å²) in [6, 6.07) is -0.546. The van der Waals surface area contributed by atoms with Gasteiger partial charge in [-0.1, -0.05) is 4.99 Å². The summed E-state index contributed by atoms with van der Waals surface area (Å²) in [5.41, 5.74) is 2.16. The fourth-order valence-electron chi connectivity index (χ4n) is 4.50. The number of amides is 3. The van der Waals surface area contributed by atoms with Gasteiger partial charge in [-0.05, 0) is 46.0 Å². The Morgan fingerprint density at radius 2 is 1.92 bits per heavy atom. The van der Waals surface area contributed by atoms with Crippen LogP contribution in [0, 0.1) is 13.8 Å². The molecule has 1 saturated heterocycles. The van der Waals surface area contributed by atoms with Gasteiger partial charge in [-0.2, -0.15) is 0 Å². The van der Waals surface area contributed by atoms with Crippen LogP contribution in [0.15, 0.2) is 4.99 Å². The summed E-state index contributed by atoms with van der Waals surface area (Å²) in [6.07, 6.45) is 5.06. The first kappa shape index (κ1) is 17.2. The third kappa shape index (κ3) is 2.24. The number of imide groups is 1. The van der Waals surface area contributed by atoms with Gasteiger partial charge in [0.05, 0.1) is 6.04 Å². The predicted molar refractivity (Wildman–Crippen MR) is 94.3 cm³/mol. The van der Waals surface area contributed by atoms with Crippen LogP contribution in [-0.2, 0) is 4.79 Å². The second-order valence-electron chi connectivity index (χ2n) is 7.43. The first-order valence-corrected chi connectivity index (χ1v) is 9.38. The van der Waals surface area contributed by atoms with Crippen molar-refractivity contribution in [1.29, 1.82) is 0 Å². The van der Waals surface area contributed by atoms with Gasteiger partial charge in [-0.15, -0.1) is 0 Å². The number of hydrogen-bond acceptors (Lipinski definition) is 4. The molecule has 2 fully saturated rings. The molecule has 8 heteroatoms. The summed E-state index contributed by atoms with van der Waals surface area (Å²) in [5, 5.41) is 9.09. The summed E-state index contributed by atoms with van der Waals surface area (Å²) >= 11 is 0. The quantitative estimate of drug-likeness (QED) is 0.824. The minimum atomic E-state index is -0.590. The SMILES string of the molecule is Cc1c(C)[n+]2c(n1C1CCCC1)N=C1C2C(=O)N(CCCO)C(=O)N1C. The number of aliphatic imine (C=N–C) groups is 1. The van der Waals surface area contributed by atoms with E-state index < -0.39 is 6.04 Å². The largest absolute Gasteiger partial charge is 0.402 e. The van der Waals surface area contributed by atoms with Crippen molar-refractivity contribution in [2.75, 3.05) is 20.2 Å². The van der Waals surface area contributed by atoms with Crippen molar-refractivity contribution < 1.29 is 19.3 Å². The van der Waals surface area contributed by atoms with Crippen molar-refractivity contribution in [3.05, 3.63) is 11.4 Å². The standard InChI is InChI=1S/C18H26N5O3/c1-11-12(2)23-14-15(19-17(23)22(11)13-7-4-5-8-13)20(3)18(26)21(16(14)25)9-6-10-24/h13-14,24H,4-10H2,1-3H3/q+1. The predicted octanol–water partition coefficient (Wildman–Crippen LogP) is 1.37. The molecule has 0 bridgehead atoms. The molecule has 1 N–H and O–H groups in total. The number of nitrogens with zero attached hydrogens (tertiary/aromatic N) is 5. The summed E-state index contributed by atoms with van der Waals surface area (Å²) in [7, 11) is 1.67. The Hall–Kier alpha value is -2.22. The summed E-state index contributed by atoms with van der Waals surface area (Å²) in [6.45, 7) is 4.27. The van der Waals surface area contributed by atoms with Crippen molar-refractivity contribution in [1.82, 2.24) is 14.4 Å². The number of aliphatic hydroxyl groups is 1. The zero-order chi connectivity index (χ0) is 18.6. The first-order chi connectivity index (χ1) is 12.5. The van der Waals surface area contributed by atoms with E-state index in [4.69, 9.17) is 10.1 Å². The van der Waals surface area contributed by atoms with E-state index in [1.807, 2.05) is 11.5 Å². The summed E-state index contributed by atoms with van der Waals surface area (Å²) in [5.74, 6) is 1.03. The van der Waals surface area contributed by atoms with Gasteiger partial charge in [0.1, 0.15) is 11.4 Å². The number of likely N-dealkylation sites (N-methyl/N-ethyl adjacent to an activating group) is 1. The second-order valence-corrected chi connectivity index (χ2v) is 7.43. The number of aromatic nitrogens is 2. The number of hydrogen-bond donors (Lipinski definition) is 1. The number of imidazole rings is 1. The molecule has 8 nitrogen and oxygen atoms in total. The smallest absolute Gasteiger partial charge is 0.396 e. The van der Waals surface area contributed by atoms with Crippen LogP contribution in [0.25, 0.3) is 0 Å². The van der Waals surface area contributed by atoms with Crippen LogP contribution in [0.4, 0.5) is 10.7 Å². The lowest BCUT2D eigenvalue weighted by molar-refractivity contribution is -0.683. The number of rotatable bonds is 4. The lowest BCUT2D eigenvalue weighted by Gasteiger charge is -2.33. The van der Waals surface area contributed by atoms with Gasteiger partial charge >= 0.3 is 12.0 Å². The van der Waals surface area contributed by atoms with Crippen LogP contribution in [0.1, 0.15) is 55.6 Å². The molecule has 0 radical (unpaired) electrons. The molecule has 1 unspecified atom stereocenters. The van der Waals surface area contributed by atoms with Crippen LogP contribution < -0.4 is 4.57 Å². The Kier molecular flexibility index (Phi) is 4.10. The van der Waals surface area contributed by atoms with Gasteiger partial charge in [0.25, 0.3) is 5.91 Å². The van der Waals surface area contributed by atoms with Gasteiger partial charge in [0.15, 0.2) is 0 Å². The Bertz CT molecular complexity index is 806. The molecule has 3 amide bonds. The van der Waals surface area contributed by atoms with Crippen LogP contribution >= 0.6 is 0 Å². The van der Waals surface area contributed by atoms with Crippen LogP contribution in [0.3, 0.4) is 0 Å². The van der Waals surface area contributed by atoms with Gasteiger partial charge < -0.3 is 5.11 Å². The average Bonchev–Trinajstić information content (AvgIpc) is 3.32. The number of aliphatic hydroxyl groups excluding tert-OH is 1. The minimum Gasteiger partial charge on any atom is -0.396 e. The molecule has 0 aromatic carbocycles. The van der Waals surface area contributed by atoms with E-state index in [9.17, 15) is 9.59 Å². The van der Waals surface area contributed by atoms with Gasteiger partial charge in [-0.3, -0.25) is 14.6 Å². The summed E-state index contributed by atoms with van der Waals surface area (Å²) < 4.78 is 4.25. The maximum absolute atomic E-state index is 13.1. The molecular weight excluding hydrogens is 334 g/mol. The van der Waals surface area contributed by atoms with Crippen LogP contribution in [0.5, 0.6) is 0 Å². The number of fused-ring (bicyclic) bond motifs is 3. The van der Waals surface area contributed by atoms with Crippen molar-refractivity contribution in [3.8, 4) is 0 Å². The molecule has 3 heterocycles. The van der Waals surface area contributed by atoms with Crippen molar-refractivity contribution in [2.24, 2.45) is 4.99 Å². The number of carbonyl (C=O) groups is 2. The molecule has 4 rings (SSSR count). The minimum absolute atomic E-state index is 0.0546. The lowest BCUT2D eigenvalue weighted by atomic mass is 10.1. The molecule has 26 heavy (non-hydrogen) atoms. The molecular formula is C18H26N5O3+. The topological polar surface area (TPSA) is 82.0 Å². The fraction of sp³-hybridized carbons (Fsp3) is 0.667. The number of urea groups is 1. The molecule has 1 saturated carbocycles. The Labute approximate surface area is 152 Å². The highest BCUT2D eigenvalue weighted by Crippen LogP contribution is 2.38. The van der Waals surface area contributed by atoms with Crippen molar-refractivity contribution in [2.45, 2.75) is 58.0 Å². The second kappa shape index (κ2) is 6.19. The molecule has 0 spiro atoms. The highest BCUT2D eigenvalue weighted by atomic mass is 16.3. The molecule has 1 aromatic heterocycles. The van der Waals surface area contributed by atoms with Gasteiger partial charge in [-0.25, -0.2) is 13.9 Å². The average molecular weight is 360 g/mol. The number of amidine groups is 1. The van der Waals surface area contributed by atoms with E-state index in [-0.39, 0.29) is 25.1 Å². The monoisotopic (exact) mass is 360 g/mol. The molecule has 2 aliphatic heterocycles. The van der Waals surface area contributed by atoms with E-state index >= 15 is 0 Å². The number of carbonyl (C=O) groups excluding carboxylic acids is 2. The normalized spacial score (nSPS) is 22.9. The lowest BCUT2D eigenvalue weighted by Crippen LogP contribution is -2.63. The van der Waals surface area contributed by atoms with E-state index in [1.165, 1.54) is 22.6 Å². The molecule has 1 atom stereocenters. The fourth-order valence-corrected chi connectivity index (χ4v) is 4.50. The van der Waals surface area contributed by atoms with E-state index in [0.717, 1.165) is 30.2 Å². The molecule has 1 aliphatic carbocycles. The Balaban J connectivity index is 1.80. The van der Waals surface area contributed by atoms with E-state index in [1.54, 1.807) is 7.05 Å². The Morgan fingerprint density at radius 3 is 2.58 bits per heavy atom. The van der Waals surface area contributed by atoms with Crippen molar-refractivity contribution >= 4 is 23.7 Å². The third-order valence-corrected chi connectivity index (χ3v) is 5.99. The zero-order valence-electron chi connectivity index (χ0n) is 15.6.